The van der Waals surface area contributed by atoms with Crippen LogP contribution in [0.2, 0.25) is 0 Å². The van der Waals surface area contributed by atoms with Gasteiger partial charge in [-0.05, 0) is 29.8 Å². The highest BCUT2D eigenvalue weighted by atomic mass is 16.6. The van der Waals surface area contributed by atoms with Crippen LogP contribution in [0.4, 0.5) is 11.4 Å². The van der Waals surface area contributed by atoms with Crippen LogP contribution in [0.25, 0.3) is 10.8 Å². The summed E-state index contributed by atoms with van der Waals surface area (Å²) in [7, 11) is 0. The van der Waals surface area contributed by atoms with Crippen molar-refractivity contribution in [2.24, 2.45) is 0 Å². The number of amides is 2. The molecular weight excluding hydrogens is 408 g/mol. The number of carbonyl (C=O) groups is 2. The zero-order valence-electron chi connectivity index (χ0n) is 16.1. The summed E-state index contributed by atoms with van der Waals surface area (Å²) in [6.07, 6.45) is -0.985. The number of benzene rings is 3. The number of nitro groups is 2. The first-order valence-electron chi connectivity index (χ1n) is 8.94. The molecule has 0 aromatic heterocycles. The van der Waals surface area contributed by atoms with Gasteiger partial charge in [0, 0.05) is 12.1 Å². The normalized spacial score (nSPS) is 11.4. The highest BCUT2D eigenvalue weighted by Gasteiger charge is 2.21. The summed E-state index contributed by atoms with van der Waals surface area (Å²) >= 11 is 0. The average Bonchev–Trinajstić information content (AvgIpc) is 2.76. The molecule has 2 N–H and O–H groups in total. The van der Waals surface area contributed by atoms with E-state index in [4.69, 9.17) is 4.74 Å². The summed E-state index contributed by atoms with van der Waals surface area (Å²) in [6, 6.07) is 15.4. The van der Waals surface area contributed by atoms with Crippen molar-refractivity contribution in [3.05, 3.63) is 86.5 Å². The molecule has 31 heavy (non-hydrogen) atoms. The number of fused-ring (bicyclic) bond motifs is 1. The smallest absolute Gasteiger partial charge is 0.279 e. The number of hydrogen-bond donors (Lipinski definition) is 2. The number of non-ortho nitro benzene ring substituents is 2. The third-order valence-corrected chi connectivity index (χ3v) is 4.29. The Morgan fingerprint density at radius 2 is 1.48 bits per heavy atom. The maximum absolute atomic E-state index is 12.2. The van der Waals surface area contributed by atoms with Crippen molar-refractivity contribution in [1.82, 2.24) is 10.9 Å². The third-order valence-electron chi connectivity index (χ3n) is 4.29. The van der Waals surface area contributed by atoms with Gasteiger partial charge in [-0.15, -0.1) is 0 Å². The van der Waals surface area contributed by atoms with Crippen LogP contribution in [-0.4, -0.2) is 27.8 Å². The van der Waals surface area contributed by atoms with Crippen LogP contribution >= 0.6 is 0 Å². The molecule has 0 heterocycles. The lowest BCUT2D eigenvalue weighted by molar-refractivity contribution is -0.394. The molecule has 3 aromatic rings. The first-order valence-corrected chi connectivity index (χ1v) is 8.94. The summed E-state index contributed by atoms with van der Waals surface area (Å²) in [6.45, 7) is 1.47. The second-order valence-electron chi connectivity index (χ2n) is 6.46. The molecule has 0 fully saturated rings. The van der Waals surface area contributed by atoms with Crippen LogP contribution in [0.15, 0.2) is 60.7 Å². The monoisotopic (exact) mass is 424 g/mol. The van der Waals surface area contributed by atoms with E-state index in [0.29, 0.717) is 5.75 Å². The fraction of sp³-hybridized carbons (Fsp3) is 0.100. The van der Waals surface area contributed by atoms with Crippen molar-refractivity contribution >= 4 is 34.0 Å². The quantitative estimate of drug-likeness (QED) is 0.455. The van der Waals surface area contributed by atoms with Crippen molar-refractivity contribution in [2.75, 3.05) is 0 Å². The van der Waals surface area contributed by atoms with Crippen LogP contribution < -0.4 is 15.6 Å². The van der Waals surface area contributed by atoms with E-state index in [1.807, 2.05) is 30.3 Å². The molecule has 11 heteroatoms. The summed E-state index contributed by atoms with van der Waals surface area (Å²) < 4.78 is 5.58. The Hall–Kier alpha value is -4.54. The zero-order valence-corrected chi connectivity index (χ0v) is 16.1. The van der Waals surface area contributed by atoms with Crippen LogP contribution in [0.5, 0.6) is 5.75 Å². The summed E-state index contributed by atoms with van der Waals surface area (Å²) in [5.74, 6) is -1.21. The zero-order chi connectivity index (χ0) is 22.5. The van der Waals surface area contributed by atoms with E-state index < -0.39 is 39.1 Å². The predicted molar refractivity (Wildman–Crippen MR) is 109 cm³/mol. The van der Waals surface area contributed by atoms with E-state index in [9.17, 15) is 29.8 Å². The molecule has 2 amide bonds. The second-order valence-corrected chi connectivity index (χ2v) is 6.46. The number of carbonyl (C=O) groups excluding carboxylic acids is 2. The number of nitrogens with one attached hydrogen (secondary N) is 2. The first kappa shape index (κ1) is 21.2. The van der Waals surface area contributed by atoms with Gasteiger partial charge in [0.1, 0.15) is 5.75 Å². The van der Waals surface area contributed by atoms with Crippen molar-refractivity contribution in [3.63, 3.8) is 0 Å². The minimum atomic E-state index is -0.985. The van der Waals surface area contributed by atoms with Gasteiger partial charge in [0.2, 0.25) is 0 Å². The molecule has 0 aliphatic carbocycles. The minimum Gasteiger partial charge on any atom is -0.481 e. The van der Waals surface area contributed by atoms with Gasteiger partial charge in [0.15, 0.2) is 6.10 Å². The van der Waals surface area contributed by atoms with E-state index in [1.54, 1.807) is 12.1 Å². The molecule has 158 valence electrons. The van der Waals surface area contributed by atoms with Crippen molar-refractivity contribution < 1.29 is 24.2 Å². The summed E-state index contributed by atoms with van der Waals surface area (Å²) in [5, 5.41) is 23.8. The van der Waals surface area contributed by atoms with Gasteiger partial charge in [-0.25, -0.2) is 0 Å². The van der Waals surface area contributed by atoms with Crippen LogP contribution in [0.3, 0.4) is 0 Å². The van der Waals surface area contributed by atoms with Crippen molar-refractivity contribution in [3.8, 4) is 5.75 Å². The predicted octanol–water partition coefficient (Wildman–Crippen LogP) is 2.88. The highest BCUT2D eigenvalue weighted by Crippen LogP contribution is 2.23. The topological polar surface area (TPSA) is 154 Å². The molecule has 1 unspecified atom stereocenters. The lowest BCUT2D eigenvalue weighted by Gasteiger charge is -2.15. The van der Waals surface area contributed by atoms with Gasteiger partial charge in [-0.2, -0.15) is 0 Å². The van der Waals surface area contributed by atoms with E-state index >= 15 is 0 Å². The minimum absolute atomic E-state index is 0.357. The van der Waals surface area contributed by atoms with Crippen LogP contribution in [-0.2, 0) is 4.79 Å². The van der Waals surface area contributed by atoms with E-state index in [-0.39, 0.29) is 5.56 Å². The molecule has 3 rings (SSSR count). The third kappa shape index (κ3) is 5.09. The van der Waals surface area contributed by atoms with Crippen molar-refractivity contribution in [2.45, 2.75) is 13.0 Å². The number of hydrogen-bond acceptors (Lipinski definition) is 7. The van der Waals surface area contributed by atoms with E-state index in [1.165, 1.54) is 6.92 Å². The molecule has 0 spiro atoms. The van der Waals surface area contributed by atoms with Crippen LogP contribution in [0, 0.1) is 20.2 Å². The number of nitro benzene ring substituents is 2. The number of nitrogens with zero attached hydrogens (tertiary/aromatic N) is 2. The van der Waals surface area contributed by atoms with Gasteiger partial charge in [-0.3, -0.25) is 40.7 Å². The average molecular weight is 424 g/mol. The molecular formula is C20H16N4O7. The lowest BCUT2D eigenvalue weighted by Crippen LogP contribution is -2.47. The Morgan fingerprint density at radius 3 is 2.10 bits per heavy atom. The van der Waals surface area contributed by atoms with Crippen molar-refractivity contribution in [1.29, 1.82) is 0 Å². The SMILES string of the molecule is CC(Oc1ccc2ccccc2c1)C(=O)NNC(=O)c1cc([N+](=O)[O-])cc([N+](=O)[O-])c1. The fourth-order valence-electron chi connectivity index (χ4n) is 2.73. The largest absolute Gasteiger partial charge is 0.481 e. The number of hydrazine groups is 1. The Balaban J connectivity index is 1.64. The summed E-state index contributed by atoms with van der Waals surface area (Å²) in [5.41, 5.74) is 2.59. The van der Waals surface area contributed by atoms with Gasteiger partial charge in [0.25, 0.3) is 23.2 Å². The molecule has 3 aromatic carbocycles. The molecule has 0 aliphatic rings. The van der Waals surface area contributed by atoms with Crippen LogP contribution in [0.1, 0.15) is 17.3 Å². The maximum atomic E-state index is 12.2. The molecule has 1 atom stereocenters. The van der Waals surface area contributed by atoms with Gasteiger partial charge in [0.05, 0.1) is 21.5 Å². The first-order chi connectivity index (χ1) is 14.7. The summed E-state index contributed by atoms with van der Waals surface area (Å²) in [4.78, 5) is 44.6. The lowest BCUT2D eigenvalue weighted by atomic mass is 10.1. The standard InChI is InChI=1S/C20H16N4O7/c1-12(31-18-7-6-13-4-2-3-5-14(13)10-18)19(25)21-22-20(26)15-8-16(23(27)28)11-17(9-15)24(29)30/h2-12H,1H3,(H,21,25)(H,22,26). The number of rotatable bonds is 6. The highest BCUT2D eigenvalue weighted by molar-refractivity contribution is 5.97. The molecule has 11 nitrogen and oxygen atoms in total. The Labute approximate surface area is 174 Å². The second kappa shape index (κ2) is 8.86. The molecule has 0 saturated heterocycles. The number of ether oxygens (including phenoxy) is 1. The van der Waals surface area contributed by atoms with E-state index in [0.717, 1.165) is 29.0 Å². The fourth-order valence-corrected chi connectivity index (χ4v) is 2.73. The van der Waals surface area contributed by atoms with Gasteiger partial charge in [-0.1, -0.05) is 30.3 Å². The molecule has 0 radical (unpaired) electrons. The Kier molecular flexibility index (Phi) is 6.05. The van der Waals surface area contributed by atoms with Gasteiger partial charge >= 0.3 is 0 Å². The van der Waals surface area contributed by atoms with Gasteiger partial charge < -0.3 is 4.74 Å². The Bertz CT molecular complexity index is 1160. The molecule has 0 aliphatic heterocycles. The molecule has 0 saturated carbocycles. The Morgan fingerprint density at radius 1 is 0.871 bits per heavy atom. The van der Waals surface area contributed by atoms with E-state index in [2.05, 4.69) is 10.9 Å². The molecule has 0 bridgehead atoms. The maximum Gasteiger partial charge on any atom is 0.279 e.